The molecule has 1 aromatic rings. The molecule has 0 aromatic heterocycles. The Morgan fingerprint density at radius 3 is 2.45 bits per heavy atom. The van der Waals surface area contributed by atoms with E-state index in [1.54, 1.807) is 4.90 Å². The molecule has 0 saturated carbocycles. The van der Waals surface area contributed by atoms with Crippen molar-refractivity contribution in [1.29, 1.82) is 0 Å². The van der Waals surface area contributed by atoms with Gasteiger partial charge in [0.05, 0.1) is 0 Å². The first-order valence-electron chi connectivity index (χ1n) is 7.34. The number of carbonyl (C=O) groups is 1. The van der Waals surface area contributed by atoms with Gasteiger partial charge in [-0.15, -0.1) is 0 Å². The highest BCUT2D eigenvalue weighted by molar-refractivity contribution is 5.94. The number of benzene rings is 1. The zero-order valence-electron chi connectivity index (χ0n) is 13.7. The van der Waals surface area contributed by atoms with Gasteiger partial charge in [-0.1, -0.05) is 27.7 Å². The molecule has 112 valence electrons. The van der Waals surface area contributed by atoms with Gasteiger partial charge in [0.2, 0.25) is 0 Å². The predicted octanol–water partition coefficient (Wildman–Crippen LogP) is 3.94. The smallest absolute Gasteiger partial charge is 0.253 e. The van der Waals surface area contributed by atoms with E-state index in [0.29, 0.717) is 0 Å². The van der Waals surface area contributed by atoms with Crippen molar-refractivity contribution >= 4 is 11.6 Å². The van der Waals surface area contributed by atoms with Crippen molar-refractivity contribution in [3.05, 3.63) is 29.3 Å². The molecule has 0 aliphatic heterocycles. The van der Waals surface area contributed by atoms with E-state index in [9.17, 15) is 4.79 Å². The predicted molar refractivity (Wildman–Crippen MR) is 86.4 cm³/mol. The molecule has 3 heteroatoms. The molecule has 0 fully saturated rings. The van der Waals surface area contributed by atoms with Crippen LogP contribution in [0.2, 0.25) is 0 Å². The number of hydrogen-bond donors (Lipinski definition) is 1. The van der Waals surface area contributed by atoms with Crippen molar-refractivity contribution in [3.8, 4) is 0 Å². The maximum Gasteiger partial charge on any atom is 0.253 e. The highest BCUT2D eigenvalue weighted by Crippen LogP contribution is 2.19. The van der Waals surface area contributed by atoms with Crippen LogP contribution in [0.1, 0.15) is 50.0 Å². The van der Waals surface area contributed by atoms with Gasteiger partial charge in [0.1, 0.15) is 0 Å². The normalized spacial score (nSPS) is 11.3. The van der Waals surface area contributed by atoms with Crippen LogP contribution in [0, 0.1) is 12.3 Å². The highest BCUT2D eigenvalue weighted by Gasteiger charge is 2.19. The molecule has 1 aromatic carbocycles. The topological polar surface area (TPSA) is 32.3 Å². The fourth-order valence-corrected chi connectivity index (χ4v) is 2.26. The van der Waals surface area contributed by atoms with Gasteiger partial charge in [-0.05, 0) is 42.5 Å². The van der Waals surface area contributed by atoms with E-state index in [2.05, 4.69) is 33.0 Å². The molecule has 3 nitrogen and oxygen atoms in total. The maximum absolute atomic E-state index is 12.4. The van der Waals surface area contributed by atoms with Crippen molar-refractivity contribution in [3.63, 3.8) is 0 Å². The molecule has 1 amide bonds. The van der Waals surface area contributed by atoms with Crippen molar-refractivity contribution in [2.75, 3.05) is 25.5 Å². The summed E-state index contributed by atoms with van der Waals surface area (Å²) < 4.78 is 0. The molecular formula is C17H28N2O. The van der Waals surface area contributed by atoms with Crippen LogP contribution < -0.4 is 5.32 Å². The Kier molecular flexibility index (Phi) is 5.61. The van der Waals surface area contributed by atoms with Gasteiger partial charge in [-0.3, -0.25) is 4.79 Å². The number of carbonyl (C=O) groups excluding carboxylic acids is 1. The first-order valence-corrected chi connectivity index (χ1v) is 7.34. The summed E-state index contributed by atoms with van der Waals surface area (Å²) in [7, 11) is 1.87. The van der Waals surface area contributed by atoms with Gasteiger partial charge < -0.3 is 10.2 Å². The summed E-state index contributed by atoms with van der Waals surface area (Å²) in [6.07, 6.45) is 1.09. The number of amides is 1. The van der Waals surface area contributed by atoms with Gasteiger partial charge in [-0.25, -0.2) is 0 Å². The zero-order valence-corrected chi connectivity index (χ0v) is 13.7. The van der Waals surface area contributed by atoms with Crippen molar-refractivity contribution in [2.24, 2.45) is 5.41 Å². The fraction of sp³-hybridized carbons (Fsp3) is 0.588. The lowest BCUT2D eigenvalue weighted by Gasteiger charge is -2.26. The number of rotatable bonds is 5. The van der Waals surface area contributed by atoms with Crippen molar-refractivity contribution in [1.82, 2.24) is 4.90 Å². The molecule has 0 saturated heterocycles. The van der Waals surface area contributed by atoms with Gasteiger partial charge in [0.25, 0.3) is 5.91 Å². The Morgan fingerprint density at radius 1 is 1.30 bits per heavy atom. The van der Waals surface area contributed by atoms with Crippen LogP contribution in [0.5, 0.6) is 0 Å². The van der Waals surface area contributed by atoms with Crippen LogP contribution in [0.25, 0.3) is 0 Å². The SMILES string of the molecule is CCCNc1ccc(C(=O)N(C)CC(C)(C)C)cc1C. The van der Waals surface area contributed by atoms with Crippen LogP contribution in [-0.2, 0) is 0 Å². The summed E-state index contributed by atoms with van der Waals surface area (Å²) in [4.78, 5) is 14.2. The van der Waals surface area contributed by atoms with Gasteiger partial charge in [0.15, 0.2) is 0 Å². The summed E-state index contributed by atoms with van der Waals surface area (Å²) in [6, 6.07) is 5.88. The van der Waals surface area contributed by atoms with E-state index in [1.165, 1.54) is 0 Å². The van der Waals surface area contributed by atoms with E-state index < -0.39 is 0 Å². The van der Waals surface area contributed by atoms with Gasteiger partial charge >= 0.3 is 0 Å². The Hall–Kier alpha value is -1.51. The number of aryl methyl sites for hydroxylation is 1. The average Bonchev–Trinajstić information content (AvgIpc) is 2.34. The third kappa shape index (κ3) is 4.87. The van der Waals surface area contributed by atoms with Crippen LogP contribution in [0.3, 0.4) is 0 Å². The summed E-state index contributed by atoms with van der Waals surface area (Å²) >= 11 is 0. The van der Waals surface area contributed by atoms with E-state index in [1.807, 2.05) is 32.2 Å². The molecule has 0 bridgehead atoms. The average molecular weight is 276 g/mol. The second-order valence-electron chi connectivity index (χ2n) is 6.68. The summed E-state index contributed by atoms with van der Waals surface area (Å²) in [5.41, 5.74) is 3.11. The lowest BCUT2D eigenvalue weighted by molar-refractivity contribution is 0.0745. The number of anilines is 1. The second-order valence-corrected chi connectivity index (χ2v) is 6.68. The third-order valence-electron chi connectivity index (χ3n) is 3.10. The van der Waals surface area contributed by atoms with E-state index in [0.717, 1.165) is 36.3 Å². The standard InChI is InChI=1S/C17H28N2O/c1-7-10-18-15-9-8-14(11-13(15)2)16(20)19(6)12-17(3,4)5/h8-9,11,18H,7,10,12H2,1-6H3. The number of nitrogens with zero attached hydrogens (tertiary/aromatic N) is 1. The molecule has 0 aliphatic rings. The largest absolute Gasteiger partial charge is 0.385 e. The molecule has 20 heavy (non-hydrogen) atoms. The summed E-state index contributed by atoms with van der Waals surface area (Å²) in [5.74, 6) is 0.0880. The van der Waals surface area contributed by atoms with E-state index in [4.69, 9.17) is 0 Å². The maximum atomic E-state index is 12.4. The Labute approximate surface area is 123 Å². The molecular weight excluding hydrogens is 248 g/mol. The van der Waals surface area contributed by atoms with Gasteiger partial charge in [-0.2, -0.15) is 0 Å². The molecule has 0 unspecified atom stereocenters. The molecule has 0 heterocycles. The van der Waals surface area contributed by atoms with Gasteiger partial charge in [0, 0.05) is 31.4 Å². The van der Waals surface area contributed by atoms with E-state index in [-0.39, 0.29) is 11.3 Å². The fourth-order valence-electron chi connectivity index (χ4n) is 2.26. The van der Waals surface area contributed by atoms with Crippen LogP contribution >= 0.6 is 0 Å². The molecule has 0 spiro atoms. The van der Waals surface area contributed by atoms with Crippen molar-refractivity contribution < 1.29 is 4.79 Å². The molecule has 0 atom stereocenters. The number of nitrogens with one attached hydrogen (secondary N) is 1. The second kappa shape index (κ2) is 6.78. The Morgan fingerprint density at radius 2 is 1.95 bits per heavy atom. The monoisotopic (exact) mass is 276 g/mol. The molecule has 1 N–H and O–H groups in total. The summed E-state index contributed by atoms with van der Waals surface area (Å²) in [5, 5.41) is 3.37. The quantitative estimate of drug-likeness (QED) is 0.883. The minimum atomic E-state index is 0.0880. The van der Waals surface area contributed by atoms with E-state index >= 15 is 0 Å². The first-order chi connectivity index (χ1) is 9.24. The molecule has 1 rings (SSSR count). The summed E-state index contributed by atoms with van der Waals surface area (Å²) in [6.45, 7) is 12.3. The lowest BCUT2D eigenvalue weighted by Crippen LogP contribution is -2.34. The molecule has 0 aliphatic carbocycles. The van der Waals surface area contributed by atoms with Crippen molar-refractivity contribution in [2.45, 2.75) is 41.0 Å². The zero-order chi connectivity index (χ0) is 15.3. The lowest BCUT2D eigenvalue weighted by atomic mass is 9.96. The minimum Gasteiger partial charge on any atom is -0.385 e. The minimum absolute atomic E-state index is 0.0880. The molecule has 0 radical (unpaired) electrons. The number of hydrogen-bond acceptors (Lipinski definition) is 2. The van der Waals surface area contributed by atoms with Crippen LogP contribution in [0.15, 0.2) is 18.2 Å². The van der Waals surface area contributed by atoms with Crippen LogP contribution in [-0.4, -0.2) is 30.9 Å². The Balaban J connectivity index is 2.81. The van der Waals surface area contributed by atoms with Crippen LogP contribution in [0.4, 0.5) is 5.69 Å². The Bertz CT molecular complexity index is 461. The highest BCUT2D eigenvalue weighted by atomic mass is 16.2. The first kappa shape index (κ1) is 16.5. The third-order valence-corrected chi connectivity index (χ3v) is 3.10.